The number of amides is 2. The van der Waals surface area contributed by atoms with Crippen molar-refractivity contribution >= 4 is 27.5 Å². The van der Waals surface area contributed by atoms with Gasteiger partial charge in [-0.1, -0.05) is 72.8 Å². The predicted molar refractivity (Wildman–Crippen MR) is 174 cm³/mol. The summed E-state index contributed by atoms with van der Waals surface area (Å²) in [6, 6.07) is 29.8. The van der Waals surface area contributed by atoms with E-state index < -0.39 is 34.3 Å². The highest BCUT2D eigenvalue weighted by Crippen LogP contribution is 2.24. The molecule has 0 aliphatic rings. The van der Waals surface area contributed by atoms with Crippen LogP contribution in [-0.4, -0.2) is 50.0 Å². The fraction of sp³-hybridized carbons (Fsp3) is 0.257. The molecule has 4 aromatic rings. The summed E-state index contributed by atoms with van der Waals surface area (Å²) in [5.41, 5.74) is 2.67. The number of carbonyl (C=O) groups is 2. The van der Waals surface area contributed by atoms with Crippen molar-refractivity contribution in [2.75, 3.05) is 17.1 Å². The highest BCUT2D eigenvalue weighted by atomic mass is 32.2. The molecule has 236 valence electrons. The smallest absolute Gasteiger partial charge is 0.244 e. The first-order valence-corrected chi connectivity index (χ1v) is 16.5. The van der Waals surface area contributed by atoms with Gasteiger partial charge in [0.15, 0.2) is 0 Å². The van der Waals surface area contributed by atoms with E-state index in [0.717, 1.165) is 21.7 Å². The largest absolute Gasteiger partial charge is 0.489 e. The van der Waals surface area contributed by atoms with Crippen molar-refractivity contribution in [3.05, 3.63) is 132 Å². The van der Waals surface area contributed by atoms with E-state index in [0.29, 0.717) is 17.9 Å². The summed E-state index contributed by atoms with van der Waals surface area (Å²) in [5, 5.41) is 2.90. The van der Waals surface area contributed by atoms with Gasteiger partial charge in [-0.3, -0.25) is 13.9 Å². The fourth-order valence-corrected chi connectivity index (χ4v) is 5.63. The molecule has 0 spiro atoms. The van der Waals surface area contributed by atoms with E-state index in [9.17, 15) is 22.4 Å². The molecular weight excluding hydrogens is 593 g/mol. The van der Waals surface area contributed by atoms with Crippen LogP contribution in [0.1, 0.15) is 30.5 Å². The minimum Gasteiger partial charge on any atom is -0.489 e. The Kier molecular flexibility index (Phi) is 11.3. The van der Waals surface area contributed by atoms with E-state index in [1.807, 2.05) is 74.5 Å². The normalized spacial score (nSPS) is 11.9. The van der Waals surface area contributed by atoms with Gasteiger partial charge in [0.2, 0.25) is 21.8 Å². The molecule has 4 aromatic carbocycles. The Morgan fingerprint density at radius 1 is 0.800 bits per heavy atom. The van der Waals surface area contributed by atoms with Crippen molar-refractivity contribution in [3.63, 3.8) is 0 Å². The van der Waals surface area contributed by atoms with Gasteiger partial charge < -0.3 is 15.0 Å². The zero-order valence-corrected chi connectivity index (χ0v) is 26.4. The van der Waals surface area contributed by atoms with E-state index in [4.69, 9.17) is 4.74 Å². The van der Waals surface area contributed by atoms with Crippen LogP contribution in [0.4, 0.5) is 10.1 Å². The molecule has 4 rings (SSSR count). The molecule has 0 bridgehead atoms. The first-order valence-electron chi connectivity index (χ1n) is 14.6. The lowest BCUT2D eigenvalue weighted by Gasteiger charge is -2.34. The number of sulfonamides is 1. The molecule has 10 heteroatoms. The molecule has 1 unspecified atom stereocenters. The van der Waals surface area contributed by atoms with Crippen LogP contribution < -0.4 is 14.4 Å². The topological polar surface area (TPSA) is 96.0 Å². The predicted octanol–water partition coefficient (Wildman–Crippen LogP) is 5.34. The molecule has 45 heavy (non-hydrogen) atoms. The lowest BCUT2D eigenvalue weighted by molar-refractivity contribution is -0.140. The van der Waals surface area contributed by atoms with Gasteiger partial charge in [-0.15, -0.1) is 0 Å². The molecular formula is C35H38FN3O5S. The summed E-state index contributed by atoms with van der Waals surface area (Å²) < 4.78 is 46.6. The second kappa shape index (κ2) is 15.3. The molecule has 8 nitrogen and oxygen atoms in total. The van der Waals surface area contributed by atoms with E-state index in [-0.39, 0.29) is 30.6 Å². The van der Waals surface area contributed by atoms with Crippen LogP contribution in [0.3, 0.4) is 0 Å². The molecule has 0 heterocycles. The minimum absolute atomic E-state index is 0.0357. The van der Waals surface area contributed by atoms with Crippen LogP contribution in [0.15, 0.2) is 109 Å². The highest BCUT2D eigenvalue weighted by molar-refractivity contribution is 7.92. The lowest BCUT2D eigenvalue weighted by Crippen LogP contribution is -2.54. The minimum atomic E-state index is -3.92. The Balaban J connectivity index is 1.63. The Bertz CT molecular complexity index is 1650. The van der Waals surface area contributed by atoms with Crippen molar-refractivity contribution in [3.8, 4) is 5.75 Å². The van der Waals surface area contributed by atoms with Gasteiger partial charge in [0.25, 0.3) is 0 Å². The number of hydrogen-bond acceptors (Lipinski definition) is 5. The standard InChI is InChI=1S/C35H38FN3O5S/c1-26(2)37-35(41)33(22-27-10-6-4-7-11-27)38(23-28-14-16-30(36)17-15-28)34(40)24-39(45(3,42)43)31-18-20-32(21-19-31)44-25-29-12-8-5-9-13-29/h4-21,26,33H,22-25H2,1-3H3,(H,37,41). The first kappa shape index (κ1) is 33.2. The number of hydrogen-bond donors (Lipinski definition) is 1. The van der Waals surface area contributed by atoms with Crippen LogP contribution in [0, 0.1) is 5.82 Å². The number of anilines is 1. The van der Waals surface area contributed by atoms with Crippen LogP contribution in [0.25, 0.3) is 0 Å². The summed E-state index contributed by atoms with van der Waals surface area (Å²) in [6.07, 6.45) is 1.22. The maximum atomic E-state index is 14.1. The van der Waals surface area contributed by atoms with Gasteiger partial charge >= 0.3 is 0 Å². The molecule has 0 saturated heterocycles. The molecule has 1 atom stereocenters. The average Bonchev–Trinajstić information content (AvgIpc) is 3.02. The average molecular weight is 632 g/mol. The van der Waals surface area contributed by atoms with Gasteiger partial charge in [-0.2, -0.15) is 0 Å². The third-order valence-corrected chi connectivity index (χ3v) is 8.16. The van der Waals surface area contributed by atoms with Crippen molar-refractivity contribution in [2.24, 2.45) is 0 Å². The quantitative estimate of drug-likeness (QED) is 0.203. The number of carbonyl (C=O) groups excluding carboxylic acids is 2. The van der Waals surface area contributed by atoms with Gasteiger partial charge in [-0.25, -0.2) is 12.8 Å². The van der Waals surface area contributed by atoms with Gasteiger partial charge in [0, 0.05) is 19.0 Å². The van der Waals surface area contributed by atoms with Gasteiger partial charge in [0.1, 0.15) is 30.8 Å². The Morgan fingerprint density at radius 2 is 1.38 bits per heavy atom. The van der Waals surface area contributed by atoms with Crippen LogP contribution >= 0.6 is 0 Å². The summed E-state index contributed by atoms with van der Waals surface area (Å²) in [6.45, 7) is 3.40. The number of nitrogens with one attached hydrogen (secondary N) is 1. The van der Waals surface area contributed by atoms with Crippen LogP contribution in [0.5, 0.6) is 5.75 Å². The van der Waals surface area contributed by atoms with Gasteiger partial charge in [0.05, 0.1) is 11.9 Å². The van der Waals surface area contributed by atoms with Crippen molar-refractivity contribution in [1.29, 1.82) is 0 Å². The van der Waals surface area contributed by atoms with E-state index in [1.165, 1.54) is 29.2 Å². The van der Waals surface area contributed by atoms with E-state index in [1.54, 1.807) is 24.3 Å². The second-order valence-electron chi connectivity index (χ2n) is 11.1. The maximum Gasteiger partial charge on any atom is 0.244 e. The van der Waals surface area contributed by atoms with Crippen LogP contribution in [-0.2, 0) is 39.2 Å². The summed E-state index contributed by atoms with van der Waals surface area (Å²) in [4.78, 5) is 29.1. The number of benzene rings is 4. The number of halogens is 1. The Hall–Kier alpha value is -4.70. The third kappa shape index (κ3) is 9.90. The van der Waals surface area contributed by atoms with E-state index in [2.05, 4.69) is 5.32 Å². The molecule has 0 aliphatic carbocycles. The molecule has 0 aromatic heterocycles. The maximum absolute atomic E-state index is 14.1. The Morgan fingerprint density at radius 3 is 1.93 bits per heavy atom. The first-order chi connectivity index (χ1) is 21.5. The zero-order valence-electron chi connectivity index (χ0n) is 25.6. The SMILES string of the molecule is CC(C)NC(=O)C(Cc1ccccc1)N(Cc1ccc(F)cc1)C(=O)CN(c1ccc(OCc2ccccc2)cc1)S(C)(=O)=O. The fourth-order valence-electron chi connectivity index (χ4n) is 4.78. The van der Waals surface area contributed by atoms with E-state index >= 15 is 0 Å². The molecule has 0 saturated carbocycles. The molecule has 0 radical (unpaired) electrons. The molecule has 2 amide bonds. The number of nitrogens with zero attached hydrogens (tertiary/aromatic N) is 2. The summed E-state index contributed by atoms with van der Waals surface area (Å²) in [5.74, 6) is -0.868. The van der Waals surface area contributed by atoms with Gasteiger partial charge in [-0.05, 0) is 66.9 Å². The summed E-state index contributed by atoms with van der Waals surface area (Å²) >= 11 is 0. The lowest BCUT2D eigenvalue weighted by atomic mass is 10.0. The van der Waals surface area contributed by atoms with Crippen molar-refractivity contribution in [1.82, 2.24) is 10.2 Å². The highest BCUT2D eigenvalue weighted by Gasteiger charge is 2.33. The van der Waals surface area contributed by atoms with Crippen molar-refractivity contribution in [2.45, 2.75) is 45.5 Å². The molecule has 1 N–H and O–H groups in total. The monoisotopic (exact) mass is 631 g/mol. The number of rotatable bonds is 14. The summed E-state index contributed by atoms with van der Waals surface area (Å²) in [7, 11) is -3.92. The Labute approximate surface area is 264 Å². The van der Waals surface area contributed by atoms with Crippen molar-refractivity contribution < 1.29 is 27.1 Å². The molecule has 0 aliphatic heterocycles. The van der Waals surface area contributed by atoms with Crippen LogP contribution in [0.2, 0.25) is 0 Å². The third-order valence-electron chi connectivity index (χ3n) is 7.02. The second-order valence-corrected chi connectivity index (χ2v) is 13.0. The molecule has 0 fully saturated rings. The zero-order chi connectivity index (χ0) is 32.4. The number of ether oxygens (including phenoxy) is 1.